The fraction of sp³-hybridized carbons (Fsp3) is 1.00. The summed E-state index contributed by atoms with van der Waals surface area (Å²) in [6, 6.07) is 0. The number of rotatable bonds is 1. The van der Waals surface area contributed by atoms with E-state index in [4.69, 9.17) is 0 Å². The van der Waals surface area contributed by atoms with Crippen molar-refractivity contribution in [1.82, 2.24) is 0 Å². The van der Waals surface area contributed by atoms with E-state index in [-0.39, 0.29) is 0 Å². The summed E-state index contributed by atoms with van der Waals surface area (Å²) in [4.78, 5) is 0. The van der Waals surface area contributed by atoms with Crippen molar-refractivity contribution in [2.75, 3.05) is 0 Å². The molecule has 0 spiro atoms. The third kappa shape index (κ3) is 1.86. The second-order valence-electron chi connectivity index (χ2n) is 4.70. The third-order valence-corrected chi connectivity index (χ3v) is 7.48. The zero-order valence-electron chi connectivity index (χ0n) is 8.12. The summed E-state index contributed by atoms with van der Waals surface area (Å²) in [7, 11) is 0. The smallest absolute Gasteiger partial charge is 0.0410 e. The van der Waals surface area contributed by atoms with Crippen LogP contribution < -0.4 is 0 Å². The summed E-state index contributed by atoms with van der Waals surface area (Å²) in [5, 5.41) is 0. The molecule has 76 valence electrons. The van der Waals surface area contributed by atoms with Crippen molar-refractivity contribution in [1.29, 1.82) is 0 Å². The molecule has 0 bridgehead atoms. The molecule has 2 aliphatic rings. The molecule has 2 aliphatic carbocycles. The molecular formula is C11H18Br2. The van der Waals surface area contributed by atoms with E-state index >= 15 is 0 Å². The Morgan fingerprint density at radius 1 is 0.538 bits per heavy atom. The van der Waals surface area contributed by atoms with Crippen LogP contribution >= 0.6 is 31.9 Å². The van der Waals surface area contributed by atoms with E-state index in [1.165, 1.54) is 57.8 Å². The first-order chi connectivity index (χ1) is 6.16. The van der Waals surface area contributed by atoms with E-state index < -0.39 is 0 Å². The van der Waals surface area contributed by atoms with Gasteiger partial charge in [0.15, 0.2) is 0 Å². The van der Waals surface area contributed by atoms with Gasteiger partial charge in [-0.2, -0.15) is 0 Å². The Hall–Kier alpha value is 0.960. The number of alkyl halides is 2. The van der Waals surface area contributed by atoms with Crippen molar-refractivity contribution in [3.05, 3.63) is 0 Å². The first kappa shape index (κ1) is 10.5. The molecule has 2 fully saturated rings. The quantitative estimate of drug-likeness (QED) is 0.611. The molecule has 0 nitrogen and oxygen atoms in total. The average Bonchev–Trinajstić information content (AvgIpc) is 2.55. The average molecular weight is 310 g/mol. The number of halogens is 2. The minimum absolute atomic E-state index is 0.425. The van der Waals surface area contributed by atoms with Gasteiger partial charge in [-0.25, -0.2) is 0 Å². The van der Waals surface area contributed by atoms with E-state index in [0.717, 1.165) is 0 Å². The topological polar surface area (TPSA) is 0 Å². The third-order valence-electron chi connectivity index (χ3n) is 3.85. The highest BCUT2D eigenvalue weighted by Gasteiger charge is 2.49. The maximum absolute atomic E-state index is 4.03. The molecule has 0 saturated heterocycles. The summed E-state index contributed by atoms with van der Waals surface area (Å²) in [5.74, 6) is 0. The first-order valence-electron chi connectivity index (χ1n) is 5.54. The predicted molar refractivity (Wildman–Crippen MR) is 64.9 cm³/mol. The molecule has 2 rings (SSSR count). The lowest BCUT2D eigenvalue weighted by Crippen LogP contribution is -2.44. The SMILES string of the molecule is BrC1(C2(Br)CCCC2)CCCCC1. The van der Waals surface area contributed by atoms with Crippen LogP contribution in [0.5, 0.6) is 0 Å². The predicted octanol–water partition coefficient (Wildman–Crippen LogP) is 4.79. The molecule has 13 heavy (non-hydrogen) atoms. The summed E-state index contributed by atoms with van der Waals surface area (Å²) in [6.45, 7) is 0. The Morgan fingerprint density at radius 3 is 1.23 bits per heavy atom. The van der Waals surface area contributed by atoms with Crippen LogP contribution in [0.3, 0.4) is 0 Å². The molecule has 0 aromatic carbocycles. The van der Waals surface area contributed by atoms with Crippen LogP contribution in [0.4, 0.5) is 0 Å². The lowest BCUT2D eigenvalue weighted by molar-refractivity contribution is 0.332. The van der Waals surface area contributed by atoms with Gasteiger partial charge >= 0.3 is 0 Å². The van der Waals surface area contributed by atoms with Crippen molar-refractivity contribution >= 4 is 31.9 Å². The molecule has 0 aliphatic heterocycles. The van der Waals surface area contributed by atoms with E-state index in [1.54, 1.807) is 0 Å². The fourth-order valence-corrected chi connectivity index (χ4v) is 4.86. The van der Waals surface area contributed by atoms with Crippen LogP contribution in [0.2, 0.25) is 0 Å². The highest BCUT2D eigenvalue weighted by atomic mass is 79.9. The highest BCUT2D eigenvalue weighted by molar-refractivity contribution is 9.13. The molecule has 2 saturated carbocycles. The van der Waals surface area contributed by atoms with Gasteiger partial charge in [-0.3, -0.25) is 0 Å². The van der Waals surface area contributed by atoms with E-state index in [9.17, 15) is 0 Å². The molecule has 2 heteroatoms. The minimum Gasteiger partial charge on any atom is -0.0838 e. The van der Waals surface area contributed by atoms with Crippen molar-refractivity contribution < 1.29 is 0 Å². The van der Waals surface area contributed by atoms with Gasteiger partial charge in [0, 0.05) is 8.65 Å². The van der Waals surface area contributed by atoms with E-state index in [1.807, 2.05) is 0 Å². The minimum atomic E-state index is 0.425. The van der Waals surface area contributed by atoms with Crippen molar-refractivity contribution in [3.8, 4) is 0 Å². The summed E-state index contributed by atoms with van der Waals surface area (Å²) in [5.41, 5.74) is 0. The molecular weight excluding hydrogens is 292 g/mol. The molecule has 0 aromatic heterocycles. The Kier molecular flexibility index (Phi) is 3.10. The summed E-state index contributed by atoms with van der Waals surface area (Å²) >= 11 is 8.05. The molecule has 0 amide bonds. The van der Waals surface area contributed by atoms with E-state index in [0.29, 0.717) is 8.65 Å². The van der Waals surface area contributed by atoms with Crippen LogP contribution in [0.1, 0.15) is 57.8 Å². The Labute approximate surface area is 98.1 Å². The summed E-state index contributed by atoms with van der Waals surface area (Å²) in [6.07, 6.45) is 12.6. The van der Waals surface area contributed by atoms with Gasteiger partial charge in [-0.05, 0) is 25.7 Å². The molecule has 0 heterocycles. The van der Waals surface area contributed by atoms with Gasteiger partial charge in [0.1, 0.15) is 0 Å². The maximum Gasteiger partial charge on any atom is 0.0410 e. The Balaban J connectivity index is 2.11. The van der Waals surface area contributed by atoms with Gasteiger partial charge in [-0.1, -0.05) is 64.0 Å². The monoisotopic (exact) mass is 308 g/mol. The van der Waals surface area contributed by atoms with Gasteiger partial charge in [0.05, 0.1) is 0 Å². The zero-order chi connectivity index (χ0) is 9.36. The van der Waals surface area contributed by atoms with Crippen LogP contribution in [0.15, 0.2) is 0 Å². The standard InChI is InChI=1S/C11H18Br2/c12-10(6-2-1-3-7-10)11(13)8-4-5-9-11/h1-9H2. The van der Waals surface area contributed by atoms with Crippen molar-refractivity contribution in [2.24, 2.45) is 0 Å². The van der Waals surface area contributed by atoms with Crippen LogP contribution in [-0.4, -0.2) is 8.65 Å². The first-order valence-corrected chi connectivity index (χ1v) is 7.13. The van der Waals surface area contributed by atoms with Crippen molar-refractivity contribution in [2.45, 2.75) is 66.4 Å². The fourth-order valence-electron chi connectivity index (χ4n) is 2.94. The van der Waals surface area contributed by atoms with Gasteiger partial charge in [0.25, 0.3) is 0 Å². The lowest BCUT2D eigenvalue weighted by atomic mass is 9.79. The number of hydrogen-bond acceptors (Lipinski definition) is 0. The molecule has 0 N–H and O–H groups in total. The number of hydrogen-bond donors (Lipinski definition) is 0. The van der Waals surface area contributed by atoms with Gasteiger partial charge in [-0.15, -0.1) is 0 Å². The van der Waals surface area contributed by atoms with Gasteiger partial charge < -0.3 is 0 Å². The normalized spacial score (nSPS) is 31.8. The molecule has 0 unspecified atom stereocenters. The van der Waals surface area contributed by atoms with Crippen LogP contribution in [0, 0.1) is 0 Å². The highest BCUT2D eigenvalue weighted by Crippen LogP contribution is 2.55. The molecule has 0 radical (unpaired) electrons. The second-order valence-corrected chi connectivity index (χ2v) is 7.73. The Morgan fingerprint density at radius 2 is 0.846 bits per heavy atom. The lowest BCUT2D eigenvalue weighted by Gasteiger charge is -2.43. The van der Waals surface area contributed by atoms with Crippen LogP contribution in [-0.2, 0) is 0 Å². The van der Waals surface area contributed by atoms with Gasteiger partial charge in [0.2, 0.25) is 0 Å². The largest absolute Gasteiger partial charge is 0.0838 e. The van der Waals surface area contributed by atoms with Crippen LogP contribution in [0.25, 0.3) is 0 Å². The Bertz CT molecular complexity index is 177. The maximum atomic E-state index is 4.03. The molecule has 0 aromatic rings. The molecule has 0 atom stereocenters. The summed E-state index contributed by atoms with van der Waals surface area (Å²) < 4.78 is 0.856. The second kappa shape index (κ2) is 3.84. The zero-order valence-corrected chi connectivity index (χ0v) is 11.3. The van der Waals surface area contributed by atoms with E-state index in [2.05, 4.69) is 31.9 Å². The van der Waals surface area contributed by atoms with Crippen molar-refractivity contribution in [3.63, 3.8) is 0 Å².